The molecule has 1 aromatic carbocycles. The Morgan fingerprint density at radius 3 is 2.56 bits per heavy atom. The molecule has 1 atom stereocenters. The first kappa shape index (κ1) is 12.9. The lowest BCUT2D eigenvalue weighted by atomic mass is 10.00. The van der Waals surface area contributed by atoms with Gasteiger partial charge in [-0.1, -0.05) is 12.1 Å². The van der Waals surface area contributed by atoms with Gasteiger partial charge >= 0.3 is 0 Å². The van der Waals surface area contributed by atoms with Crippen molar-refractivity contribution in [1.82, 2.24) is 0 Å². The van der Waals surface area contributed by atoms with Gasteiger partial charge < -0.3 is 15.6 Å². The molecule has 0 spiro atoms. The van der Waals surface area contributed by atoms with Crippen LogP contribution in [0.4, 0.5) is 8.78 Å². The highest BCUT2D eigenvalue weighted by atomic mass is 19.3. The molecule has 3 N–H and O–H groups in total. The van der Waals surface area contributed by atoms with Crippen molar-refractivity contribution in [2.24, 2.45) is 5.73 Å². The molecule has 0 aliphatic rings. The molecule has 0 aliphatic carbocycles. The second-order valence-electron chi connectivity index (χ2n) is 3.61. The summed E-state index contributed by atoms with van der Waals surface area (Å²) in [6.45, 7) is 0.466. The second kappa shape index (κ2) is 4.76. The van der Waals surface area contributed by atoms with E-state index in [0.29, 0.717) is 5.56 Å². The van der Waals surface area contributed by atoms with Crippen LogP contribution in [0.25, 0.3) is 0 Å². The van der Waals surface area contributed by atoms with Crippen molar-refractivity contribution in [3.8, 4) is 5.75 Å². The highest BCUT2D eigenvalue weighted by Gasteiger charge is 2.30. The minimum atomic E-state index is -3.00. The van der Waals surface area contributed by atoms with Gasteiger partial charge in [-0.2, -0.15) is 0 Å². The van der Waals surface area contributed by atoms with E-state index in [1.54, 1.807) is 6.07 Å². The van der Waals surface area contributed by atoms with Gasteiger partial charge in [-0.15, -0.1) is 0 Å². The van der Waals surface area contributed by atoms with Crippen LogP contribution in [-0.4, -0.2) is 18.8 Å². The van der Waals surface area contributed by atoms with Crippen molar-refractivity contribution < 1.29 is 18.6 Å². The Morgan fingerprint density at radius 2 is 2.12 bits per heavy atom. The van der Waals surface area contributed by atoms with E-state index in [2.05, 4.69) is 0 Å². The lowest BCUT2D eigenvalue weighted by molar-refractivity contribution is 0.0148. The van der Waals surface area contributed by atoms with Crippen LogP contribution in [0.3, 0.4) is 0 Å². The van der Waals surface area contributed by atoms with Crippen LogP contribution < -0.4 is 10.5 Å². The number of rotatable bonds is 4. The van der Waals surface area contributed by atoms with Crippen molar-refractivity contribution in [2.45, 2.75) is 18.9 Å². The Hall–Kier alpha value is -1.20. The van der Waals surface area contributed by atoms with Crippen LogP contribution in [0, 0.1) is 0 Å². The van der Waals surface area contributed by atoms with Gasteiger partial charge in [0.15, 0.2) is 0 Å². The van der Waals surface area contributed by atoms with E-state index >= 15 is 0 Å². The highest BCUT2D eigenvalue weighted by Crippen LogP contribution is 2.38. The molecular weight excluding hydrogens is 216 g/mol. The summed E-state index contributed by atoms with van der Waals surface area (Å²) in [4.78, 5) is 0. The van der Waals surface area contributed by atoms with Crippen LogP contribution in [0.1, 0.15) is 24.1 Å². The fourth-order valence-electron chi connectivity index (χ4n) is 1.52. The van der Waals surface area contributed by atoms with Crippen LogP contribution in [-0.2, 0) is 5.92 Å². The van der Waals surface area contributed by atoms with Crippen LogP contribution >= 0.6 is 0 Å². The maximum Gasteiger partial charge on any atom is 0.274 e. The average Bonchev–Trinajstić information content (AvgIpc) is 2.25. The first-order valence-electron chi connectivity index (χ1n) is 4.83. The van der Waals surface area contributed by atoms with Crippen molar-refractivity contribution in [2.75, 3.05) is 13.7 Å². The molecule has 16 heavy (non-hydrogen) atoms. The summed E-state index contributed by atoms with van der Waals surface area (Å²) >= 11 is 0. The van der Waals surface area contributed by atoms with Gasteiger partial charge in [-0.25, -0.2) is 8.78 Å². The van der Waals surface area contributed by atoms with E-state index in [4.69, 9.17) is 15.6 Å². The molecule has 0 saturated carbocycles. The van der Waals surface area contributed by atoms with E-state index in [1.165, 1.54) is 19.2 Å². The number of aliphatic hydroxyl groups excluding tert-OH is 1. The summed E-state index contributed by atoms with van der Waals surface area (Å²) in [7, 11) is 1.30. The van der Waals surface area contributed by atoms with Gasteiger partial charge in [0.2, 0.25) is 0 Å². The maximum absolute atomic E-state index is 13.3. The van der Waals surface area contributed by atoms with Crippen molar-refractivity contribution in [3.63, 3.8) is 0 Å². The number of aliphatic hydroxyl groups is 1. The molecule has 0 saturated heterocycles. The monoisotopic (exact) mass is 231 g/mol. The molecule has 90 valence electrons. The molecule has 0 aliphatic heterocycles. The number of hydrogen-bond acceptors (Lipinski definition) is 3. The molecule has 0 fully saturated rings. The fourth-order valence-corrected chi connectivity index (χ4v) is 1.52. The SMILES string of the molecule is COc1c(C(N)CO)cccc1C(C)(F)F. The fraction of sp³-hybridized carbons (Fsp3) is 0.455. The Labute approximate surface area is 92.8 Å². The largest absolute Gasteiger partial charge is 0.496 e. The number of alkyl halides is 2. The molecule has 5 heteroatoms. The Morgan fingerprint density at radius 1 is 1.50 bits per heavy atom. The first-order chi connectivity index (χ1) is 7.41. The zero-order valence-electron chi connectivity index (χ0n) is 9.21. The summed E-state index contributed by atoms with van der Waals surface area (Å²) in [6, 6.07) is 3.60. The number of para-hydroxylation sites is 1. The van der Waals surface area contributed by atoms with E-state index in [9.17, 15) is 8.78 Å². The Kier molecular flexibility index (Phi) is 3.83. The van der Waals surface area contributed by atoms with Crippen LogP contribution in [0.5, 0.6) is 5.75 Å². The van der Waals surface area contributed by atoms with Crippen LogP contribution in [0.2, 0.25) is 0 Å². The predicted octanol–water partition coefficient (Wildman–Crippen LogP) is 1.80. The zero-order valence-corrected chi connectivity index (χ0v) is 9.21. The smallest absolute Gasteiger partial charge is 0.274 e. The Bertz CT molecular complexity index is 363. The third-order valence-corrected chi connectivity index (χ3v) is 2.32. The molecule has 0 heterocycles. The first-order valence-corrected chi connectivity index (χ1v) is 4.83. The summed E-state index contributed by atoms with van der Waals surface area (Å²) in [5.41, 5.74) is 5.76. The Balaban J connectivity index is 3.32. The van der Waals surface area contributed by atoms with Gasteiger partial charge in [0.25, 0.3) is 5.92 Å². The molecule has 1 aromatic rings. The summed E-state index contributed by atoms with van der Waals surface area (Å²) in [5.74, 6) is -2.96. The van der Waals surface area contributed by atoms with E-state index < -0.39 is 12.0 Å². The van der Waals surface area contributed by atoms with E-state index in [-0.39, 0.29) is 17.9 Å². The lowest BCUT2D eigenvalue weighted by Crippen LogP contribution is -2.18. The number of hydrogen-bond donors (Lipinski definition) is 2. The van der Waals surface area contributed by atoms with Crippen LogP contribution in [0.15, 0.2) is 18.2 Å². The summed E-state index contributed by atoms with van der Waals surface area (Å²) < 4.78 is 31.5. The number of benzene rings is 1. The third-order valence-electron chi connectivity index (χ3n) is 2.32. The summed E-state index contributed by atoms with van der Waals surface area (Å²) in [6.07, 6.45) is 0. The highest BCUT2D eigenvalue weighted by molar-refractivity contribution is 5.45. The lowest BCUT2D eigenvalue weighted by Gasteiger charge is -2.20. The maximum atomic E-state index is 13.3. The average molecular weight is 231 g/mol. The van der Waals surface area contributed by atoms with Gasteiger partial charge in [0, 0.05) is 12.5 Å². The number of halogens is 2. The number of nitrogens with two attached hydrogens (primary N) is 1. The molecule has 0 amide bonds. The molecule has 1 unspecified atom stereocenters. The number of ether oxygens (including phenoxy) is 1. The van der Waals surface area contributed by atoms with Crippen molar-refractivity contribution in [1.29, 1.82) is 0 Å². The van der Waals surface area contributed by atoms with Crippen molar-refractivity contribution >= 4 is 0 Å². The third kappa shape index (κ3) is 2.48. The van der Waals surface area contributed by atoms with Crippen molar-refractivity contribution in [3.05, 3.63) is 29.3 Å². The number of methoxy groups -OCH3 is 1. The summed E-state index contributed by atoms with van der Waals surface area (Å²) in [5, 5.41) is 8.93. The standard InChI is InChI=1S/C11H15F2NO2/c1-11(12,13)8-5-3-4-7(9(14)6-15)10(8)16-2/h3-5,9,15H,6,14H2,1-2H3. The molecular formula is C11H15F2NO2. The van der Waals surface area contributed by atoms with Gasteiger partial charge in [0.05, 0.1) is 25.3 Å². The minimum absolute atomic E-state index is 0.0385. The van der Waals surface area contributed by atoms with Gasteiger partial charge in [-0.05, 0) is 6.07 Å². The minimum Gasteiger partial charge on any atom is -0.496 e. The van der Waals surface area contributed by atoms with Gasteiger partial charge in [-0.3, -0.25) is 0 Å². The van der Waals surface area contributed by atoms with Gasteiger partial charge in [0.1, 0.15) is 5.75 Å². The normalized spacial score (nSPS) is 13.6. The topological polar surface area (TPSA) is 55.5 Å². The molecule has 0 radical (unpaired) electrons. The van der Waals surface area contributed by atoms with E-state index in [0.717, 1.165) is 6.92 Å². The molecule has 1 rings (SSSR count). The molecule has 3 nitrogen and oxygen atoms in total. The predicted molar refractivity (Wildman–Crippen MR) is 56.6 cm³/mol. The van der Waals surface area contributed by atoms with E-state index in [1.807, 2.05) is 0 Å². The molecule has 0 aromatic heterocycles. The second-order valence-corrected chi connectivity index (χ2v) is 3.61. The zero-order chi connectivity index (χ0) is 12.3. The molecule has 0 bridgehead atoms. The quantitative estimate of drug-likeness (QED) is 0.830.